The van der Waals surface area contributed by atoms with Gasteiger partial charge in [-0.1, -0.05) is 12.1 Å². The first kappa shape index (κ1) is 10.1. The Kier molecular flexibility index (Phi) is 2.68. The summed E-state index contributed by atoms with van der Waals surface area (Å²) in [4.78, 5) is 9.95. The standard InChI is InChI=1S/C7H4ClFO3S/c8-7(10)5-3-1-2-4-6(5)13(9,11)12/h1-4H. The third-order valence-electron chi connectivity index (χ3n) is 1.36. The Bertz CT molecular complexity index is 441. The van der Waals surface area contributed by atoms with Crippen LogP contribution in [0.25, 0.3) is 0 Å². The maximum atomic E-state index is 12.5. The molecule has 0 saturated carbocycles. The van der Waals surface area contributed by atoms with Crippen molar-refractivity contribution in [1.82, 2.24) is 0 Å². The average Bonchev–Trinajstić information content (AvgIpc) is 2.03. The SMILES string of the molecule is O=C(Cl)c1ccccc1S(=O)(=O)F. The molecule has 70 valence electrons. The van der Waals surface area contributed by atoms with Crippen molar-refractivity contribution in [3.05, 3.63) is 29.8 Å². The van der Waals surface area contributed by atoms with Crippen molar-refractivity contribution in [3.8, 4) is 0 Å². The Morgan fingerprint density at radius 3 is 2.23 bits per heavy atom. The van der Waals surface area contributed by atoms with Crippen LogP contribution >= 0.6 is 11.6 Å². The van der Waals surface area contributed by atoms with E-state index in [0.717, 1.165) is 12.1 Å². The zero-order valence-electron chi connectivity index (χ0n) is 6.20. The number of benzene rings is 1. The van der Waals surface area contributed by atoms with Crippen molar-refractivity contribution in [2.75, 3.05) is 0 Å². The molecule has 0 heterocycles. The van der Waals surface area contributed by atoms with E-state index in [1.165, 1.54) is 12.1 Å². The molecule has 0 N–H and O–H groups in total. The molecule has 0 saturated heterocycles. The lowest BCUT2D eigenvalue weighted by atomic mass is 10.2. The van der Waals surface area contributed by atoms with Crippen molar-refractivity contribution >= 4 is 27.1 Å². The first-order valence-electron chi connectivity index (χ1n) is 3.16. The summed E-state index contributed by atoms with van der Waals surface area (Å²) in [6.45, 7) is 0. The summed E-state index contributed by atoms with van der Waals surface area (Å²) in [6.07, 6.45) is 0. The molecule has 13 heavy (non-hydrogen) atoms. The Balaban J connectivity index is 3.46. The number of halogens is 2. The van der Waals surface area contributed by atoms with Gasteiger partial charge in [-0.25, -0.2) is 0 Å². The smallest absolute Gasteiger partial charge is 0.276 e. The molecule has 0 bridgehead atoms. The molecule has 0 unspecified atom stereocenters. The molecule has 0 atom stereocenters. The zero-order chi connectivity index (χ0) is 10.1. The lowest BCUT2D eigenvalue weighted by Crippen LogP contribution is -2.00. The molecule has 0 aromatic heterocycles. The Morgan fingerprint density at radius 2 is 1.85 bits per heavy atom. The molecule has 6 heteroatoms. The fourth-order valence-electron chi connectivity index (χ4n) is 0.842. The van der Waals surface area contributed by atoms with E-state index in [-0.39, 0.29) is 5.56 Å². The van der Waals surface area contributed by atoms with Crippen molar-refractivity contribution in [3.63, 3.8) is 0 Å². The van der Waals surface area contributed by atoms with E-state index < -0.39 is 20.4 Å². The van der Waals surface area contributed by atoms with Gasteiger partial charge in [-0.15, -0.1) is 3.89 Å². The van der Waals surface area contributed by atoms with Gasteiger partial charge in [0.15, 0.2) is 0 Å². The molecule has 1 aromatic carbocycles. The largest absolute Gasteiger partial charge is 0.332 e. The van der Waals surface area contributed by atoms with Crippen molar-refractivity contribution in [2.45, 2.75) is 4.90 Å². The van der Waals surface area contributed by atoms with Gasteiger partial charge in [-0.3, -0.25) is 4.79 Å². The van der Waals surface area contributed by atoms with Crippen molar-refractivity contribution in [1.29, 1.82) is 0 Å². The number of rotatable bonds is 2. The van der Waals surface area contributed by atoms with E-state index in [4.69, 9.17) is 11.6 Å². The number of hydrogen-bond donors (Lipinski definition) is 0. The lowest BCUT2D eigenvalue weighted by Gasteiger charge is -1.98. The normalized spacial score (nSPS) is 11.2. The predicted molar refractivity (Wildman–Crippen MR) is 44.9 cm³/mol. The molecule has 3 nitrogen and oxygen atoms in total. The second kappa shape index (κ2) is 3.43. The molecular formula is C7H4ClFO3S. The minimum atomic E-state index is -4.88. The fourth-order valence-corrected chi connectivity index (χ4v) is 1.73. The highest BCUT2D eigenvalue weighted by Gasteiger charge is 2.19. The van der Waals surface area contributed by atoms with E-state index in [2.05, 4.69) is 0 Å². The molecule has 1 rings (SSSR count). The van der Waals surface area contributed by atoms with Gasteiger partial charge in [0.2, 0.25) is 0 Å². The second-order valence-corrected chi connectivity index (χ2v) is 3.87. The first-order valence-corrected chi connectivity index (χ1v) is 4.92. The maximum absolute atomic E-state index is 12.5. The van der Waals surface area contributed by atoms with E-state index in [1.807, 2.05) is 0 Å². The summed E-state index contributed by atoms with van der Waals surface area (Å²) in [5.74, 6) is 0. The van der Waals surface area contributed by atoms with Gasteiger partial charge in [0.1, 0.15) is 4.90 Å². The Morgan fingerprint density at radius 1 is 1.31 bits per heavy atom. The third-order valence-corrected chi connectivity index (χ3v) is 2.45. The molecule has 0 aliphatic carbocycles. The summed E-state index contributed by atoms with van der Waals surface area (Å²) in [6, 6.07) is 4.81. The second-order valence-electron chi connectivity index (χ2n) is 2.21. The summed E-state index contributed by atoms with van der Waals surface area (Å²) in [5.41, 5.74) is -0.355. The fraction of sp³-hybridized carbons (Fsp3) is 0. The number of carbonyl (C=O) groups is 1. The van der Waals surface area contributed by atoms with E-state index >= 15 is 0 Å². The van der Waals surface area contributed by atoms with Gasteiger partial charge in [-0.05, 0) is 23.7 Å². The predicted octanol–water partition coefficient (Wildman–Crippen LogP) is 1.72. The summed E-state index contributed by atoms with van der Waals surface area (Å²) in [5, 5.41) is -1.00. The zero-order valence-corrected chi connectivity index (χ0v) is 7.77. The topological polar surface area (TPSA) is 51.2 Å². The van der Waals surface area contributed by atoms with Crippen LogP contribution in [0.4, 0.5) is 3.89 Å². The van der Waals surface area contributed by atoms with Crippen molar-refractivity contribution in [2.24, 2.45) is 0 Å². The van der Waals surface area contributed by atoms with Crippen LogP contribution in [0, 0.1) is 0 Å². The van der Waals surface area contributed by atoms with Crippen LogP contribution in [0.1, 0.15) is 10.4 Å². The van der Waals surface area contributed by atoms with Gasteiger partial charge < -0.3 is 0 Å². The monoisotopic (exact) mass is 222 g/mol. The average molecular weight is 223 g/mol. The molecule has 1 aromatic rings. The van der Waals surface area contributed by atoms with Gasteiger partial charge in [-0.2, -0.15) is 8.42 Å². The number of carbonyl (C=O) groups excluding carboxylic acids is 1. The molecule has 0 amide bonds. The van der Waals surface area contributed by atoms with Crippen LogP contribution < -0.4 is 0 Å². The summed E-state index contributed by atoms with van der Waals surface area (Å²) < 4.78 is 33.5. The van der Waals surface area contributed by atoms with Gasteiger partial charge in [0, 0.05) is 0 Å². The molecular weight excluding hydrogens is 219 g/mol. The molecule has 0 spiro atoms. The highest BCUT2D eigenvalue weighted by Crippen LogP contribution is 2.19. The quantitative estimate of drug-likeness (QED) is 0.716. The molecule has 0 fully saturated rings. The van der Waals surface area contributed by atoms with E-state index in [9.17, 15) is 17.1 Å². The van der Waals surface area contributed by atoms with E-state index in [1.54, 1.807) is 0 Å². The third kappa shape index (κ3) is 2.26. The van der Waals surface area contributed by atoms with Crippen LogP contribution in [0.3, 0.4) is 0 Å². The highest BCUT2D eigenvalue weighted by atomic mass is 35.5. The minimum Gasteiger partial charge on any atom is -0.276 e. The lowest BCUT2D eigenvalue weighted by molar-refractivity contribution is 0.107. The van der Waals surface area contributed by atoms with Gasteiger partial charge in [0.05, 0.1) is 5.56 Å². The minimum absolute atomic E-state index is 0.355. The van der Waals surface area contributed by atoms with Crippen LogP contribution in [-0.4, -0.2) is 13.7 Å². The summed E-state index contributed by atoms with van der Waals surface area (Å²) >= 11 is 5.04. The van der Waals surface area contributed by atoms with Crippen LogP contribution in [-0.2, 0) is 10.2 Å². The Hall–Kier alpha value is -0.940. The Labute approximate surface area is 79.3 Å². The first-order chi connectivity index (χ1) is 5.93. The highest BCUT2D eigenvalue weighted by molar-refractivity contribution is 7.86. The maximum Gasteiger partial charge on any atom is 0.332 e. The molecule has 0 aliphatic rings. The van der Waals surface area contributed by atoms with Gasteiger partial charge >= 0.3 is 10.2 Å². The number of hydrogen-bond acceptors (Lipinski definition) is 3. The molecule has 0 radical (unpaired) electrons. The van der Waals surface area contributed by atoms with Crippen LogP contribution in [0.5, 0.6) is 0 Å². The van der Waals surface area contributed by atoms with Crippen LogP contribution in [0.15, 0.2) is 29.2 Å². The summed E-state index contributed by atoms with van der Waals surface area (Å²) in [7, 11) is -4.88. The molecule has 0 aliphatic heterocycles. The van der Waals surface area contributed by atoms with E-state index in [0.29, 0.717) is 0 Å². The van der Waals surface area contributed by atoms with Crippen LogP contribution in [0.2, 0.25) is 0 Å². The van der Waals surface area contributed by atoms with Gasteiger partial charge in [0.25, 0.3) is 5.24 Å². The van der Waals surface area contributed by atoms with Crippen molar-refractivity contribution < 1.29 is 17.1 Å².